The summed E-state index contributed by atoms with van der Waals surface area (Å²) < 4.78 is 26.9. The number of anilines is 3. The fourth-order valence-electron chi connectivity index (χ4n) is 7.81. The first-order valence-corrected chi connectivity index (χ1v) is 18.5. The third kappa shape index (κ3) is 5.93. The number of carbonyl (C=O) groups is 3. The summed E-state index contributed by atoms with van der Waals surface area (Å²) in [5.41, 5.74) is 5.66. The Balaban J connectivity index is 0.927. The van der Waals surface area contributed by atoms with Crippen molar-refractivity contribution in [3.8, 4) is 11.3 Å². The van der Waals surface area contributed by atoms with E-state index in [1.165, 1.54) is 0 Å². The van der Waals surface area contributed by atoms with Crippen LogP contribution in [0.4, 0.5) is 21.1 Å². The maximum atomic E-state index is 14.1. The molecule has 2 saturated heterocycles. The smallest absolute Gasteiger partial charge is 0.264 e. The molecule has 0 atom stereocenters. The summed E-state index contributed by atoms with van der Waals surface area (Å²) in [5.74, 6) is 0.0934. The molecule has 2 amide bonds. The van der Waals surface area contributed by atoms with Crippen molar-refractivity contribution in [1.82, 2.24) is 13.9 Å². The topological polar surface area (TPSA) is 123 Å². The van der Waals surface area contributed by atoms with Crippen LogP contribution in [0.2, 0.25) is 0 Å². The third-order valence-electron chi connectivity index (χ3n) is 10.7. The van der Waals surface area contributed by atoms with Gasteiger partial charge in [0.1, 0.15) is 11.6 Å². The minimum Gasteiger partial charge on any atom is -0.452 e. The molecular weight excluding hydrogens is 708 g/mol. The van der Waals surface area contributed by atoms with E-state index in [1.807, 2.05) is 37.3 Å². The van der Waals surface area contributed by atoms with E-state index >= 15 is 0 Å². The maximum absolute atomic E-state index is 14.1. The summed E-state index contributed by atoms with van der Waals surface area (Å²) in [6, 6.07) is 24.7. The van der Waals surface area contributed by atoms with Gasteiger partial charge in [-0.3, -0.25) is 14.4 Å². The zero-order valence-corrected chi connectivity index (χ0v) is 30.2. The zero-order chi connectivity index (χ0) is 37.0. The molecule has 1 spiro atoms. The van der Waals surface area contributed by atoms with Crippen LogP contribution in [0.15, 0.2) is 95.5 Å². The van der Waals surface area contributed by atoms with Gasteiger partial charge in [-0.25, -0.2) is 13.9 Å². The van der Waals surface area contributed by atoms with Crippen molar-refractivity contribution in [3.63, 3.8) is 0 Å². The SMILES string of the molecule is Cc1cnc(N2CC3(CCOCC3)C2)c(C(=O)Nc2ccc(C(=O)N3CCc4cc(C(=O)c5nc6ccccc6n5SF)oc4-c4ccccc43)cc2)c1. The number of hydrogen-bond acceptors (Lipinski definition) is 9. The van der Waals surface area contributed by atoms with Gasteiger partial charge in [-0.1, -0.05) is 24.3 Å². The molecule has 0 bridgehead atoms. The molecule has 6 aromatic rings. The minimum atomic E-state index is -0.541. The summed E-state index contributed by atoms with van der Waals surface area (Å²) >= 11 is -0.0869. The van der Waals surface area contributed by atoms with Gasteiger partial charge in [0.05, 0.1) is 22.3 Å². The van der Waals surface area contributed by atoms with Crippen LogP contribution in [-0.4, -0.2) is 64.4 Å². The van der Waals surface area contributed by atoms with Crippen molar-refractivity contribution in [2.45, 2.75) is 26.2 Å². The molecule has 6 heterocycles. The number of aryl methyl sites for hydroxylation is 1. The molecule has 13 heteroatoms. The number of nitrogens with one attached hydrogen (secondary N) is 1. The van der Waals surface area contributed by atoms with Crippen LogP contribution in [0.5, 0.6) is 0 Å². The lowest BCUT2D eigenvalue weighted by atomic mass is 9.73. The van der Waals surface area contributed by atoms with Crippen LogP contribution in [0.1, 0.15) is 61.1 Å². The second-order valence-corrected chi connectivity index (χ2v) is 14.7. The number of halogens is 1. The van der Waals surface area contributed by atoms with Crippen molar-refractivity contribution in [2.75, 3.05) is 48.0 Å². The van der Waals surface area contributed by atoms with Crippen molar-refractivity contribution in [3.05, 3.63) is 125 Å². The zero-order valence-electron chi connectivity index (χ0n) is 29.4. The van der Waals surface area contributed by atoms with Gasteiger partial charge in [-0.05, 0) is 92.4 Å². The number of carbonyl (C=O) groups excluding carboxylic acids is 3. The number of ketones is 1. The Kier molecular flexibility index (Phi) is 8.54. The third-order valence-corrected chi connectivity index (χ3v) is 11.2. The predicted molar refractivity (Wildman–Crippen MR) is 205 cm³/mol. The number of ether oxygens (including phenoxy) is 1. The van der Waals surface area contributed by atoms with E-state index in [0.717, 1.165) is 54.2 Å². The normalized spacial score (nSPS) is 16.0. The lowest BCUT2D eigenvalue weighted by molar-refractivity contribution is -0.000511. The molecule has 272 valence electrons. The molecule has 1 N–H and O–H groups in total. The predicted octanol–water partition coefficient (Wildman–Crippen LogP) is 7.68. The standard InChI is InChI=1S/C41H35FN6O5S/c1-25-20-30(37(43-22-25)46-23-41(24-46)15-18-52-19-16-41)39(50)44-28-12-10-26(11-13-28)40(51)47-17-14-27-21-34(53-36(27)29-6-2-4-8-32(29)47)35(49)38-45-31-7-3-5-9-33(31)48(38)54-42/h2-13,20-22H,14-19,23-24H2,1H3,(H,44,50). The number of amides is 2. The lowest BCUT2D eigenvalue weighted by Gasteiger charge is -2.53. The number of rotatable bonds is 7. The Morgan fingerprint density at radius 2 is 1.70 bits per heavy atom. The summed E-state index contributed by atoms with van der Waals surface area (Å²) in [5, 5.41) is 3.00. The second-order valence-electron chi connectivity index (χ2n) is 14.2. The van der Waals surface area contributed by atoms with Crippen LogP contribution in [0.25, 0.3) is 22.4 Å². The minimum absolute atomic E-state index is 0.0412. The van der Waals surface area contributed by atoms with Gasteiger partial charge >= 0.3 is 0 Å². The largest absolute Gasteiger partial charge is 0.452 e. The first kappa shape index (κ1) is 34.0. The maximum Gasteiger partial charge on any atom is 0.264 e. The van der Waals surface area contributed by atoms with Crippen LogP contribution < -0.4 is 15.1 Å². The highest BCUT2D eigenvalue weighted by molar-refractivity contribution is 7.93. The average Bonchev–Trinajstić information content (AvgIpc) is 3.75. The number of aromatic nitrogens is 3. The van der Waals surface area contributed by atoms with E-state index < -0.39 is 5.78 Å². The van der Waals surface area contributed by atoms with Crippen LogP contribution in [-0.2, 0) is 11.2 Å². The quantitative estimate of drug-likeness (QED) is 0.164. The van der Waals surface area contributed by atoms with Gasteiger partial charge in [0.15, 0.2) is 23.9 Å². The number of imidazole rings is 1. The highest BCUT2D eigenvalue weighted by atomic mass is 32.2. The van der Waals surface area contributed by atoms with E-state index in [4.69, 9.17) is 9.15 Å². The van der Waals surface area contributed by atoms with E-state index in [1.54, 1.807) is 65.7 Å². The Bertz CT molecular complexity index is 2450. The lowest BCUT2D eigenvalue weighted by Crippen LogP contribution is -2.59. The summed E-state index contributed by atoms with van der Waals surface area (Å²) in [6.07, 6.45) is 4.24. The molecule has 3 aromatic carbocycles. The van der Waals surface area contributed by atoms with Crippen LogP contribution in [0.3, 0.4) is 0 Å². The molecule has 3 aliphatic rings. The second kappa shape index (κ2) is 13.6. The van der Waals surface area contributed by atoms with Gasteiger partial charge in [-0.2, -0.15) is 0 Å². The molecule has 9 rings (SSSR count). The van der Waals surface area contributed by atoms with Gasteiger partial charge in [-0.15, -0.1) is 3.89 Å². The number of para-hydroxylation sites is 3. The number of furan rings is 1. The Morgan fingerprint density at radius 1 is 0.944 bits per heavy atom. The summed E-state index contributed by atoms with van der Waals surface area (Å²) in [4.78, 5) is 54.2. The molecule has 54 heavy (non-hydrogen) atoms. The van der Waals surface area contributed by atoms with Gasteiger partial charge in [0, 0.05) is 66.8 Å². The highest BCUT2D eigenvalue weighted by Gasteiger charge is 2.45. The number of benzene rings is 3. The molecule has 3 aromatic heterocycles. The van der Waals surface area contributed by atoms with Crippen molar-refractivity contribution >= 4 is 58.2 Å². The molecule has 0 unspecified atom stereocenters. The fraction of sp³-hybridized carbons (Fsp3) is 0.244. The Labute approximate surface area is 314 Å². The van der Waals surface area contributed by atoms with Crippen molar-refractivity contribution < 1.29 is 27.4 Å². The Morgan fingerprint density at radius 3 is 2.50 bits per heavy atom. The summed E-state index contributed by atoms with van der Waals surface area (Å²) in [7, 11) is 0. The van der Waals surface area contributed by atoms with Gasteiger partial charge in [0.2, 0.25) is 0 Å². The average molecular weight is 743 g/mol. The number of fused-ring (bicyclic) bond motifs is 4. The Hall–Kier alpha value is -5.79. The monoisotopic (exact) mass is 742 g/mol. The summed E-state index contributed by atoms with van der Waals surface area (Å²) in [6.45, 7) is 5.49. The molecule has 11 nitrogen and oxygen atoms in total. The molecule has 2 fully saturated rings. The fourth-order valence-corrected chi connectivity index (χ4v) is 8.23. The van der Waals surface area contributed by atoms with Gasteiger partial charge in [0.25, 0.3) is 17.6 Å². The van der Waals surface area contributed by atoms with Crippen LogP contribution in [0, 0.1) is 12.3 Å². The van der Waals surface area contributed by atoms with E-state index in [-0.39, 0.29) is 41.1 Å². The molecule has 0 radical (unpaired) electrons. The first-order valence-electron chi connectivity index (χ1n) is 17.9. The molecular formula is C41H35FN6O5S. The van der Waals surface area contributed by atoms with Crippen molar-refractivity contribution in [1.29, 1.82) is 0 Å². The van der Waals surface area contributed by atoms with Gasteiger partial charge < -0.3 is 24.3 Å². The highest BCUT2D eigenvalue weighted by Crippen LogP contribution is 2.43. The molecule has 3 aliphatic heterocycles. The molecule has 0 aliphatic carbocycles. The first-order chi connectivity index (χ1) is 26.3. The molecule has 0 saturated carbocycles. The number of nitrogens with zero attached hydrogens (tertiary/aromatic N) is 5. The number of hydrogen-bond donors (Lipinski definition) is 1. The van der Waals surface area contributed by atoms with Crippen LogP contribution >= 0.6 is 12.3 Å². The van der Waals surface area contributed by atoms with Crippen molar-refractivity contribution in [2.24, 2.45) is 5.41 Å². The van der Waals surface area contributed by atoms with E-state index in [9.17, 15) is 18.3 Å². The van der Waals surface area contributed by atoms with E-state index in [2.05, 4.69) is 20.2 Å². The van der Waals surface area contributed by atoms with E-state index in [0.29, 0.717) is 63.6 Å². The number of pyridine rings is 1.